The number of phenols is 1. The van der Waals surface area contributed by atoms with E-state index >= 15 is 0 Å². The third-order valence-electron chi connectivity index (χ3n) is 4.11. The van der Waals surface area contributed by atoms with Crippen molar-refractivity contribution >= 4 is 11.9 Å². The Hall–Kier alpha value is -2.82. The topological polar surface area (TPSA) is 66.8 Å². The minimum absolute atomic E-state index is 0.137. The van der Waals surface area contributed by atoms with Crippen molar-refractivity contribution in [3.63, 3.8) is 0 Å². The van der Waals surface area contributed by atoms with Crippen LogP contribution in [0.2, 0.25) is 0 Å². The van der Waals surface area contributed by atoms with Gasteiger partial charge in [-0.1, -0.05) is 24.3 Å². The molecule has 0 atom stereocenters. The summed E-state index contributed by atoms with van der Waals surface area (Å²) in [5.41, 5.74) is 2.28. The highest BCUT2D eigenvalue weighted by atomic mass is 16.5. The quantitative estimate of drug-likeness (QED) is 0.878. The summed E-state index contributed by atoms with van der Waals surface area (Å²) in [6.45, 7) is 1.29. The summed E-state index contributed by atoms with van der Waals surface area (Å²) in [5, 5.41) is 9.31. The number of carbonyl (C=O) groups is 2. The zero-order chi connectivity index (χ0) is 16.9. The Balaban J connectivity index is 1.59. The van der Waals surface area contributed by atoms with Crippen LogP contribution in [0.1, 0.15) is 23.2 Å². The van der Waals surface area contributed by atoms with Gasteiger partial charge in [-0.25, -0.2) is 4.79 Å². The molecule has 0 radical (unpaired) electrons. The lowest BCUT2D eigenvalue weighted by atomic mass is 10.0. The third kappa shape index (κ3) is 3.74. The monoisotopic (exact) mass is 325 g/mol. The average molecular weight is 325 g/mol. The third-order valence-corrected chi connectivity index (χ3v) is 4.11. The van der Waals surface area contributed by atoms with Crippen molar-refractivity contribution in [1.29, 1.82) is 0 Å². The molecule has 3 rings (SSSR count). The minimum Gasteiger partial charge on any atom is -0.508 e. The molecule has 0 unspecified atom stereocenters. The summed E-state index contributed by atoms with van der Waals surface area (Å²) >= 11 is 0. The van der Waals surface area contributed by atoms with Gasteiger partial charge in [-0.2, -0.15) is 0 Å². The van der Waals surface area contributed by atoms with Gasteiger partial charge in [0.2, 0.25) is 0 Å². The van der Waals surface area contributed by atoms with Crippen LogP contribution < -0.4 is 0 Å². The van der Waals surface area contributed by atoms with E-state index in [1.165, 1.54) is 0 Å². The number of carbonyl (C=O) groups excluding carboxylic acids is 2. The van der Waals surface area contributed by atoms with Crippen LogP contribution in [0.25, 0.3) is 11.1 Å². The molecule has 0 spiro atoms. The number of esters is 1. The van der Waals surface area contributed by atoms with Crippen molar-refractivity contribution in [2.75, 3.05) is 19.7 Å². The van der Waals surface area contributed by atoms with E-state index in [0.717, 1.165) is 37.1 Å². The fourth-order valence-electron chi connectivity index (χ4n) is 2.72. The van der Waals surface area contributed by atoms with Gasteiger partial charge < -0.3 is 14.7 Å². The second-order valence-corrected chi connectivity index (χ2v) is 5.79. The van der Waals surface area contributed by atoms with E-state index in [9.17, 15) is 14.7 Å². The van der Waals surface area contributed by atoms with Gasteiger partial charge in [0.15, 0.2) is 6.61 Å². The van der Waals surface area contributed by atoms with Crippen LogP contribution >= 0.6 is 0 Å². The van der Waals surface area contributed by atoms with E-state index in [1.54, 1.807) is 41.3 Å². The molecule has 1 aliphatic rings. The number of aromatic hydroxyl groups is 1. The molecule has 24 heavy (non-hydrogen) atoms. The molecule has 2 aromatic rings. The highest BCUT2D eigenvalue weighted by Gasteiger charge is 2.19. The molecule has 1 fully saturated rings. The fraction of sp³-hybridized carbons (Fsp3) is 0.263. The van der Waals surface area contributed by atoms with E-state index in [1.807, 2.05) is 12.1 Å². The number of benzene rings is 2. The molecule has 1 amide bonds. The molecule has 0 bridgehead atoms. The maximum Gasteiger partial charge on any atom is 0.338 e. The summed E-state index contributed by atoms with van der Waals surface area (Å²) in [4.78, 5) is 25.6. The summed E-state index contributed by atoms with van der Waals surface area (Å²) in [7, 11) is 0. The molecule has 0 saturated carbocycles. The van der Waals surface area contributed by atoms with Gasteiger partial charge in [0.05, 0.1) is 5.56 Å². The zero-order valence-corrected chi connectivity index (χ0v) is 13.3. The smallest absolute Gasteiger partial charge is 0.338 e. The first-order valence-corrected chi connectivity index (χ1v) is 7.98. The van der Waals surface area contributed by atoms with Gasteiger partial charge >= 0.3 is 5.97 Å². The van der Waals surface area contributed by atoms with Gasteiger partial charge in [0.25, 0.3) is 5.91 Å². The normalized spacial score (nSPS) is 13.8. The number of phenolic OH excluding ortho intramolecular Hbond substituents is 1. The van der Waals surface area contributed by atoms with E-state index < -0.39 is 5.97 Å². The standard InChI is InChI=1S/C19H19NO4/c21-17-9-7-15(8-10-17)14-3-5-16(6-4-14)19(23)24-13-18(22)20-11-1-2-12-20/h3-10,21H,1-2,11-13H2. The molecular formula is C19H19NO4. The van der Waals surface area contributed by atoms with Gasteiger partial charge in [0, 0.05) is 13.1 Å². The maximum absolute atomic E-state index is 12.0. The lowest BCUT2D eigenvalue weighted by Gasteiger charge is -2.14. The van der Waals surface area contributed by atoms with Crippen molar-refractivity contribution in [2.45, 2.75) is 12.8 Å². The molecule has 0 aliphatic carbocycles. The first kappa shape index (κ1) is 16.1. The molecule has 1 heterocycles. The lowest BCUT2D eigenvalue weighted by Crippen LogP contribution is -2.32. The molecule has 1 saturated heterocycles. The Kier molecular flexibility index (Phi) is 4.79. The van der Waals surface area contributed by atoms with Crippen LogP contribution in [0.15, 0.2) is 48.5 Å². The Bertz CT molecular complexity index is 716. The molecule has 5 nitrogen and oxygen atoms in total. The van der Waals surface area contributed by atoms with Gasteiger partial charge in [-0.3, -0.25) is 4.79 Å². The summed E-state index contributed by atoms with van der Waals surface area (Å²) in [6.07, 6.45) is 2.02. The van der Waals surface area contributed by atoms with Crippen molar-refractivity contribution in [1.82, 2.24) is 4.90 Å². The SMILES string of the molecule is O=C(OCC(=O)N1CCCC1)c1ccc(-c2ccc(O)cc2)cc1. The molecule has 1 aliphatic heterocycles. The summed E-state index contributed by atoms with van der Waals surface area (Å²) in [6, 6.07) is 13.8. The molecule has 0 aromatic heterocycles. The van der Waals surface area contributed by atoms with Crippen LogP contribution in [0, 0.1) is 0 Å². The molecule has 5 heteroatoms. The average Bonchev–Trinajstić information content (AvgIpc) is 3.15. The number of hydrogen-bond acceptors (Lipinski definition) is 4. The molecule has 2 aromatic carbocycles. The second-order valence-electron chi connectivity index (χ2n) is 5.79. The van der Waals surface area contributed by atoms with E-state index in [0.29, 0.717) is 5.56 Å². The number of ether oxygens (including phenoxy) is 1. The second kappa shape index (κ2) is 7.17. The fourth-order valence-corrected chi connectivity index (χ4v) is 2.72. The maximum atomic E-state index is 12.0. The van der Waals surface area contributed by atoms with Crippen LogP contribution in [0.5, 0.6) is 5.75 Å². The molecular weight excluding hydrogens is 306 g/mol. The van der Waals surface area contributed by atoms with Crippen molar-refractivity contribution in [2.24, 2.45) is 0 Å². The van der Waals surface area contributed by atoms with Crippen molar-refractivity contribution in [3.05, 3.63) is 54.1 Å². The summed E-state index contributed by atoms with van der Waals surface area (Å²) in [5.74, 6) is -0.428. The van der Waals surface area contributed by atoms with E-state index in [-0.39, 0.29) is 18.3 Å². The van der Waals surface area contributed by atoms with Crippen molar-refractivity contribution in [3.8, 4) is 16.9 Å². The number of nitrogens with zero attached hydrogens (tertiary/aromatic N) is 1. The van der Waals surface area contributed by atoms with Gasteiger partial charge in [-0.05, 0) is 48.2 Å². The Morgan fingerprint density at radius 3 is 2.04 bits per heavy atom. The van der Waals surface area contributed by atoms with Crippen LogP contribution in [0.4, 0.5) is 0 Å². The van der Waals surface area contributed by atoms with Crippen molar-refractivity contribution < 1.29 is 19.4 Å². The highest BCUT2D eigenvalue weighted by molar-refractivity contribution is 5.91. The Morgan fingerprint density at radius 1 is 0.917 bits per heavy atom. The number of hydrogen-bond donors (Lipinski definition) is 1. The highest BCUT2D eigenvalue weighted by Crippen LogP contribution is 2.22. The van der Waals surface area contributed by atoms with Crippen LogP contribution in [-0.2, 0) is 9.53 Å². The Labute approximate surface area is 140 Å². The Morgan fingerprint density at radius 2 is 1.46 bits per heavy atom. The minimum atomic E-state index is -0.500. The first-order valence-electron chi connectivity index (χ1n) is 7.98. The largest absolute Gasteiger partial charge is 0.508 e. The van der Waals surface area contributed by atoms with E-state index in [2.05, 4.69) is 0 Å². The molecule has 1 N–H and O–H groups in total. The zero-order valence-electron chi connectivity index (χ0n) is 13.3. The van der Waals surface area contributed by atoms with Crippen LogP contribution in [-0.4, -0.2) is 41.6 Å². The van der Waals surface area contributed by atoms with Crippen LogP contribution in [0.3, 0.4) is 0 Å². The first-order chi connectivity index (χ1) is 11.6. The predicted molar refractivity (Wildman–Crippen MR) is 89.6 cm³/mol. The lowest BCUT2D eigenvalue weighted by molar-refractivity contribution is -0.133. The predicted octanol–water partition coefficient (Wildman–Crippen LogP) is 2.84. The summed E-state index contributed by atoms with van der Waals surface area (Å²) < 4.78 is 5.10. The van der Waals surface area contributed by atoms with Gasteiger partial charge in [0.1, 0.15) is 5.75 Å². The van der Waals surface area contributed by atoms with Gasteiger partial charge in [-0.15, -0.1) is 0 Å². The molecule has 124 valence electrons. The number of rotatable bonds is 4. The number of likely N-dealkylation sites (tertiary alicyclic amines) is 1. The van der Waals surface area contributed by atoms with E-state index in [4.69, 9.17) is 4.74 Å². The number of amides is 1.